The Morgan fingerprint density at radius 3 is 2.35 bits per heavy atom. The molecule has 0 spiro atoms. The van der Waals surface area contributed by atoms with Crippen LogP contribution in [0.3, 0.4) is 0 Å². The lowest BCUT2D eigenvalue weighted by molar-refractivity contribution is 0.780. The van der Waals surface area contributed by atoms with Crippen molar-refractivity contribution < 1.29 is 0 Å². The Morgan fingerprint density at radius 2 is 1.76 bits per heavy atom. The third-order valence-electron chi connectivity index (χ3n) is 2.41. The van der Waals surface area contributed by atoms with Gasteiger partial charge in [-0.25, -0.2) is 4.68 Å². The second kappa shape index (κ2) is 4.29. The van der Waals surface area contributed by atoms with Crippen molar-refractivity contribution in [2.45, 2.75) is 0 Å². The maximum atomic E-state index is 12.1. The van der Waals surface area contributed by atoms with Gasteiger partial charge in [-0.3, -0.25) is 14.7 Å². The number of nitrogens with zero attached hydrogens (tertiary/aromatic N) is 2. The van der Waals surface area contributed by atoms with E-state index in [0.717, 1.165) is 0 Å². The summed E-state index contributed by atoms with van der Waals surface area (Å²) in [6.07, 6.45) is 0. The summed E-state index contributed by atoms with van der Waals surface area (Å²) in [6, 6.07) is 10.3. The Morgan fingerprint density at radius 1 is 1.12 bits per heavy atom. The highest BCUT2D eigenvalue weighted by Gasteiger charge is 2.08. The number of nitrogens with one attached hydrogen (secondary N) is 1. The van der Waals surface area contributed by atoms with E-state index in [0.29, 0.717) is 11.4 Å². The fourth-order valence-corrected chi connectivity index (χ4v) is 1.57. The molecule has 0 fully saturated rings. The number of benzene rings is 1. The molecule has 5 heteroatoms. The summed E-state index contributed by atoms with van der Waals surface area (Å²) in [4.78, 5) is 25.2. The lowest BCUT2D eigenvalue weighted by Gasteiger charge is -2.13. The van der Waals surface area contributed by atoms with Crippen molar-refractivity contribution in [1.29, 1.82) is 0 Å². The molecule has 0 aliphatic rings. The van der Waals surface area contributed by atoms with Crippen LogP contribution in [0, 0.1) is 0 Å². The Hall–Kier alpha value is -2.30. The van der Waals surface area contributed by atoms with E-state index in [1.54, 1.807) is 31.1 Å². The number of rotatable bonds is 2. The van der Waals surface area contributed by atoms with E-state index >= 15 is 0 Å². The van der Waals surface area contributed by atoms with Crippen LogP contribution in [0.15, 0.2) is 46.0 Å². The van der Waals surface area contributed by atoms with Crippen LogP contribution < -0.4 is 16.0 Å². The highest BCUT2D eigenvalue weighted by Crippen LogP contribution is 2.04. The molecule has 1 aromatic heterocycles. The molecular formula is C12H13N3O2. The molecule has 2 rings (SSSR count). The fourth-order valence-electron chi connectivity index (χ4n) is 1.57. The first kappa shape index (κ1) is 11.2. The number of anilines is 1. The maximum absolute atomic E-state index is 12.1. The Kier molecular flexibility index (Phi) is 2.82. The zero-order valence-corrected chi connectivity index (χ0v) is 9.68. The van der Waals surface area contributed by atoms with Crippen molar-refractivity contribution in [2.75, 3.05) is 19.0 Å². The van der Waals surface area contributed by atoms with Crippen LogP contribution in [0.25, 0.3) is 5.69 Å². The van der Waals surface area contributed by atoms with Gasteiger partial charge in [-0.15, -0.1) is 0 Å². The van der Waals surface area contributed by atoms with E-state index in [1.165, 1.54) is 10.7 Å². The minimum absolute atomic E-state index is 0.249. The topological polar surface area (TPSA) is 58.1 Å². The molecule has 1 N–H and O–H groups in total. The quantitative estimate of drug-likeness (QED) is 0.823. The van der Waals surface area contributed by atoms with Gasteiger partial charge in [0.25, 0.3) is 11.1 Å². The molecule has 5 nitrogen and oxygen atoms in total. The molecule has 0 atom stereocenters. The lowest BCUT2D eigenvalue weighted by Crippen LogP contribution is -2.32. The molecule has 0 saturated heterocycles. The van der Waals surface area contributed by atoms with Crippen LogP contribution >= 0.6 is 0 Å². The summed E-state index contributed by atoms with van der Waals surface area (Å²) >= 11 is 0. The average Bonchev–Trinajstić information content (AvgIpc) is 2.32. The van der Waals surface area contributed by atoms with Gasteiger partial charge in [-0.2, -0.15) is 0 Å². The largest absolute Gasteiger partial charge is 0.373 e. The van der Waals surface area contributed by atoms with Gasteiger partial charge in [0.15, 0.2) is 0 Å². The molecule has 1 heterocycles. The molecule has 0 saturated carbocycles. The van der Waals surface area contributed by atoms with E-state index in [4.69, 9.17) is 0 Å². The van der Waals surface area contributed by atoms with Gasteiger partial charge in [-0.1, -0.05) is 18.2 Å². The normalized spacial score (nSPS) is 10.2. The lowest BCUT2D eigenvalue weighted by atomic mass is 10.3. The molecule has 2 aromatic rings. The summed E-state index contributed by atoms with van der Waals surface area (Å²) in [6.45, 7) is 0. The van der Waals surface area contributed by atoms with Crippen LogP contribution in [0.2, 0.25) is 0 Å². The standard InChI is InChI=1S/C12H13N3O2/c1-14(2)10-8-11(16)13-15(12(10)17)9-6-4-3-5-7-9/h3-8H,1-2H3,(H,13,16). The van der Waals surface area contributed by atoms with Gasteiger partial charge in [-0.05, 0) is 12.1 Å². The van der Waals surface area contributed by atoms with Crippen molar-refractivity contribution in [3.05, 3.63) is 57.1 Å². The third-order valence-corrected chi connectivity index (χ3v) is 2.41. The Bertz CT molecular complexity index is 626. The summed E-state index contributed by atoms with van der Waals surface area (Å²) < 4.78 is 1.25. The van der Waals surface area contributed by atoms with E-state index in [2.05, 4.69) is 5.10 Å². The zero-order chi connectivity index (χ0) is 12.4. The number of H-pyrrole nitrogens is 1. The van der Waals surface area contributed by atoms with Crippen LogP contribution in [-0.2, 0) is 0 Å². The molecule has 17 heavy (non-hydrogen) atoms. The number of para-hydroxylation sites is 1. The Balaban J connectivity index is 2.72. The monoisotopic (exact) mass is 231 g/mol. The van der Waals surface area contributed by atoms with Gasteiger partial charge in [0, 0.05) is 20.2 Å². The molecular weight excluding hydrogens is 218 g/mol. The fraction of sp³-hybridized carbons (Fsp3) is 0.167. The minimum atomic E-state index is -0.308. The van der Waals surface area contributed by atoms with Crippen molar-refractivity contribution in [3.8, 4) is 5.69 Å². The van der Waals surface area contributed by atoms with Crippen LogP contribution in [0.4, 0.5) is 5.69 Å². The number of hydrogen-bond acceptors (Lipinski definition) is 3. The van der Waals surface area contributed by atoms with Gasteiger partial charge in [0.1, 0.15) is 5.69 Å². The van der Waals surface area contributed by atoms with Crippen LogP contribution in [0.5, 0.6) is 0 Å². The highest BCUT2D eigenvalue weighted by atomic mass is 16.2. The molecule has 88 valence electrons. The predicted octanol–water partition coefficient (Wildman–Crippen LogP) is 0.592. The number of aromatic nitrogens is 2. The minimum Gasteiger partial charge on any atom is -0.373 e. The first-order valence-corrected chi connectivity index (χ1v) is 5.19. The van der Waals surface area contributed by atoms with Gasteiger partial charge >= 0.3 is 0 Å². The summed E-state index contributed by atoms with van der Waals surface area (Å²) in [5.74, 6) is 0. The van der Waals surface area contributed by atoms with Gasteiger partial charge < -0.3 is 4.90 Å². The molecule has 0 aliphatic heterocycles. The van der Waals surface area contributed by atoms with Crippen molar-refractivity contribution >= 4 is 5.69 Å². The third kappa shape index (κ3) is 2.13. The highest BCUT2D eigenvalue weighted by molar-refractivity contribution is 5.43. The molecule has 0 radical (unpaired) electrons. The first-order chi connectivity index (χ1) is 8.09. The summed E-state index contributed by atoms with van der Waals surface area (Å²) in [5.41, 5.74) is 0.439. The molecule has 0 amide bonds. The summed E-state index contributed by atoms with van der Waals surface area (Å²) in [7, 11) is 3.46. The van der Waals surface area contributed by atoms with Crippen LogP contribution in [0.1, 0.15) is 0 Å². The summed E-state index contributed by atoms with van der Waals surface area (Å²) in [5, 5.41) is 2.51. The number of aromatic amines is 1. The van der Waals surface area contributed by atoms with E-state index in [-0.39, 0.29) is 11.1 Å². The van der Waals surface area contributed by atoms with E-state index in [9.17, 15) is 9.59 Å². The molecule has 0 aliphatic carbocycles. The predicted molar refractivity (Wildman–Crippen MR) is 67.0 cm³/mol. The van der Waals surface area contributed by atoms with Crippen molar-refractivity contribution in [2.24, 2.45) is 0 Å². The van der Waals surface area contributed by atoms with E-state index < -0.39 is 0 Å². The second-order valence-corrected chi connectivity index (χ2v) is 3.88. The second-order valence-electron chi connectivity index (χ2n) is 3.88. The maximum Gasteiger partial charge on any atom is 0.293 e. The SMILES string of the molecule is CN(C)c1cc(=O)[nH]n(-c2ccccc2)c1=O. The van der Waals surface area contributed by atoms with Crippen molar-refractivity contribution in [3.63, 3.8) is 0 Å². The molecule has 0 bridgehead atoms. The van der Waals surface area contributed by atoms with Crippen molar-refractivity contribution in [1.82, 2.24) is 9.78 Å². The first-order valence-electron chi connectivity index (χ1n) is 5.19. The Labute approximate surface area is 97.9 Å². The molecule has 1 aromatic carbocycles. The van der Waals surface area contributed by atoms with Gasteiger partial charge in [0.2, 0.25) is 0 Å². The zero-order valence-electron chi connectivity index (χ0n) is 9.68. The van der Waals surface area contributed by atoms with Crippen LogP contribution in [-0.4, -0.2) is 23.9 Å². The smallest absolute Gasteiger partial charge is 0.293 e. The molecule has 0 unspecified atom stereocenters. The number of hydrogen-bond donors (Lipinski definition) is 1. The average molecular weight is 231 g/mol. The van der Waals surface area contributed by atoms with E-state index in [1.807, 2.05) is 18.2 Å². The van der Waals surface area contributed by atoms with Gasteiger partial charge in [0.05, 0.1) is 5.69 Å².